The first kappa shape index (κ1) is 18.8. The van der Waals surface area contributed by atoms with Crippen molar-refractivity contribution in [1.29, 1.82) is 0 Å². The average Bonchev–Trinajstić information content (AvgIpc) is 3.17. The van der Waals surface area contributed by atoms with E-state index >= 15 is 0 Å². The lowest BCUT2D eigenvalue weighted by Gasteiger charge is -2.49. The summed E-state index contributed by atoms with van der Waals surface area (Å²) in [7, 11) is 0. The molecule has 1 N–H and O–H groups in total. The van der Waals surface area contributed by atoms with Crippen LogP contribution in [-0.4, -0.2) is 36.1 Å². The number of piperidine rings is 1. The molecule has 1 saturated heterocycles. The van der Waals surface area contributed by atoms with Crippen molar-refractivity contribution in [3.05, 3.63) is 58.1 Å². The standard InChI is InChI=1S/C21H20BrF2N3O2/c22-14-3-6-19-16(11-14)18-12-17(13-1-4-15(5-2-13)28-20(23)24)26-27(18)21(29-19)7-9-25-10-8-21/h1-6,11,18,20,25H,7-10,12H2/t18-/m0/s1. The smallest absolute Gasteiger partial charge is 0.387 e. The molecule has 0 saturated carbocycles. The molecular formula is C21H20BrF2N3O2. The van der Waals surface area contributed by atoms with Crippen LogP contribution in [0.25, 0.3) is 0 Å². The molecule has 5 rings (SSSR count). The molecule has 5 nitrogen and oxygen atoms in total. The van der Waals surface area contributed by atoms with E-state index in [1.807, 2.05) is 12.1 Å². The van der Waals surface area contributed by atoms with E-state index in [2.05, 4.69) is 37.1 Å². The van der Waals surface area contributed by atoms with Crippen LogP contribution >= 0.6 is 15.9 Å². The summed E-state index contributed by atoms with van der Waals surface area (Å²) in [5.41, 5.74) is 2.48. The first-order valence-electron chi connectivity index (χ1n) is 9.65. The number of nitrogens with one attached hydrogen (secondary N) is 1. The molecule has 0 unspecified atom stereocenters. The van der Waals surface area contributed by atoms with Crippen LogP contribution in [0, 0.1) is 0 Å². The van der Waals surface area contributed by atoms with E-state index in [4.69, 9.17) is 9.84 Å². The number of rotatable bonds is 3. The van der Waals surface area contributed by atoms with Gasteiger partial charge in [0.1, 0.15) is 11.5 Å². The van der Waals surface area contributed by atoms with Gasteiger partial charge in [0.25, 0.3) is 0 Å². The normalized spacial score (nSPS) is 22.1. The number of nitrogens with zero attached hydrogens (tertiary/aromatic N) is 2. The van der Waals surface area contributed by atoms with Crippen molar-refractivity contribution < 1.29 is 18.3 Å². The fraction of sp³-hybridized carbons (Fsp3) is 0.381. The molecule has 1 fully saturated rings. The number of ether oxygens (including phenoxy) is 2. The molecule has 3 heterocycles. The molecule has 0 aromatic heterocycles. The molecule has 1 spiro atoms. The monoisotopic (exact) mass is 463 g/mol. The van der Waals surface area contributed by atoms with Crippen LogP contribution in [-0.2, 0) is 0 Å². The Labute approximate surface area is 175 Å². The molecule has 1 atom stereocenters. The Balaban J connectivity index is 1.51. The van der Waals surface area contributed by atoms with E-state index in [9.17, 15) is 8.78 Å². The van der Waals surface area contributed by atoms with Crippen LogP contribution < -0.4 is 14.8 Å². The topological polar surface area (TPSA) is 46.1 Å². The Morgan fingerprint density at radius 1 is 1.17 bits per heavy atom. The molecule has 0 radical (unpaired) electrons. The van der Waals surface area contributed by atoms with Gasteiger partial charge in [0, 0.05) is 42.4 Å². The summed E-state index contributed by atoms with van der Waals surface area (Å²) in [6.07, 6.45) is 2.42. The largest absolute Gasteiger partial charge is 0.466 e. The average molecular weight is 464 g/mol. The van der Waals surface area contributed by atoms with Gasteiger partial charge in [-0.3, -0.25) is 0 Å². The van der Waals surface area contributed by atoms with Gasteiger partial charge in [0.15, 0.2) is 0 Å². The van der Waals surface area contributed by atoms with E-state index in [-0.39, 0.29) is 11.8 Å². The third-order valence-corrected chi connectivity index (χ3v) is 6.25. The maximum atomic E-state index is 12.4. The van der Waals surface area contributed by atoms with E-state index < -0.39 is 12.3 Å². The van der Waals surface area contributed by atoms with E-state index in [1.54, 1.807) is 24.3 Å². The SMILES string of the molecule is FC(F)Oc1ccc(C2=NN3[C@@H](C2)c2cc(Br)ccc2OC32CCNCC2)cc1. The van der Waals surface area contributed by atoms with Gasteiger partial charge in [-0.2, -0.15) is 13.9 Å². The maximum absolute atomic E-state index is 12.4. The number of benzene rings is 2. The van der Waals surface area contributed by atoms with Crippen molar-refractivity contribution in [2.45, 2.75) is 37.6 Å². The van der Waals surface area contributed by atoms with Gasteiger partial charge in [0.05, 0.1) is 11.8 Å². The zero-order valence-corrected chi connectivity index (χ0v) is 17.2. The molecule has 0 amide bonds. The van der Waals surface area contributed by atoms with Crippen molar-refractivity contribution in [2.75, 3.05) is 13.1 Å². The van der Waals surface area contributed by atoms with Crippen LogP contribution in [0.2, 0.25) is 0 Å². The van der Waals surface area contributed by atoms with Crippen LogP contribution in [0.15, 0.2) is 52.0 Å². The van der Waals surface area contributed by atoms with Gasteiger partial charge in [-0.05, 0) is 48.0 Å². The summed E-state index contributed by atoms with van der Waals surface area (Å²) >= 11 is 3.57. The fourth-order valence-electron chi connectivity index (χ4n) is 4.40. The Morgan fingerprint density at radius 3 is 2.66 bits per heavy atom. The third kappa shape index (κ3) is 3.38. The minimum Gasteiger partial charge on any atom is -0.466 e. The second-order valence-electron chi connectivity index (χ2n) is 7.49. The molecule has 3 aliphatic rings. The Bertz CT molecular complexity index is 945. The summed E-state index contributed by atoms with van der Waals surface area (Å²) in [6.45, 7) is -1.08. The lowest BCUT2D eigenvalue weighted by atomic mass is 9.91. The van der Waals surface area contributed by atoms with Crippen molar-refractivity contribution in [3.8, 4) is 11.5 Å². The Morgan fingerprint density at radius 2 is 1.93 bits per heavy atom. The van der Waals surface area contributed by atoms with Crippen LogP contribution in [0.5, 0.6) is 11.5 Å². The molecule has 29 heavy (non-hydrogen) atoms. The molecule has 8 heteroatoms. The minimum absolute atomic E-state index is 0.0846. The van der Waals surface area contributed by atoms with Gasteiger partial charge in [-0.15, -0.1) is 0 Å². The fourth-order valence-corrected chi connectivity index (χ4v) is 4.78. The van der Waals surface area contributed by atoms with Gasteiger partial charge in [-0.1, -0.05) is 15.9 Å². The van der Waals surface area contributed by atoms with Gasteiger partial charge < -0.3 is 14.8 Å². The highest BCUT2D eigenvalue weighted by atomic mass is 79.9. The highest BCUT2D eigenvalue weighted by molar-refractivity contribution is 9.10. The lowest BCUT2D eigenvalue weighted by molar-refractivity contribution is -0.136. The number of hydrazone groups is 1. The van der Waals surface area contributed by atoms with E-state index in [1.165, 1.54) is 0 Å². The number of hydrogen-bond acceptors (Lipinski definition) is 5. The zero-order valence-electron chi connectivity index (χ0n) is 15.6. The highest BCUT2D eigenvalue weighted by Gasteiger charge is 2.50. The van der Waals surface area contributed by atoms with Gasteiger partial charge in [-0.25, -0.2) is 5.01 Å². The van der Waals surface area contributed by atoms with Crippen LogP contribution in [0.4, 0.5) is 8.78 Å². The predicted molar refractivity (Wildman–Crippen MR) is 108 cm³/mol. The minimum atomic E-state index is -2.83. The summed E-state index contributed by atoms with van der Waals surface area (Å²) in [5.74, 6) is 1.06. The second-order valence-corrected chi connectivity index (χ2v) is 8.41. The van der Waals surface area contributed by atoms with Crippen molar-refractivity contribution in [1.82, 2.24) is 10.3 Å². The quantitative estimate of drug-likeness (QED) is 0.717. The Kier molecular flexibility index (Phi) is 4.70. The van der Waals surface area contributed by atoms with Crippen molar-refractivity contribution >= 4 is 21.6 Å². The van der Waals surface area contributed by atoms with Gasteiger partial charge >= 0.3 is 6.61 Å². The number of hydrogen-bond donors (Lipinski definition) is 1. The first-order chi connectivity index (χ1) is 14.0. The predicted octanol–water partition coefficient (Wildman–Crippen LogP) is 4.67. The van der Waals surface area contributed by atoms with Crippen molar-refractivity contribution in [2.24, 2.45) is 5.10 Å². The molecule has 0 bridgehead atoms. The van der Waals surface area contributed by atoms with Crippen LogP contribution in [0.3, 0.4) is 0 Å². The highest BCUT2D eigenvalue weighted by Crippen LogP contribution is 2.50. The summed E-state index contributed by atoms with van der Waals surface area (Å²) in [5, 5.41) is 10.5. The third-order valence-electron chi connectivity index (χ3n) is 5.76. The molecule has 2 aromatic rings. The maximum Gasteiger partial charge on any atom is 0.387 e. The molecule has 152 valence electrons. The summed E-state index contributed by atoms with van der Waals surface area (Å²) in [4.78, 5) is 0. The van der Waals surface area contributed by atoms with E-state index in [0.29, 0.717) is 0 Å². The molecular weight excluding hydrogens is 444 g/mol. The first-order valence-corrected chi connectivity index (χ1v) is 10.4. The molecule has 3 aliphatic heterocycles. The summed E-state index contributed by atoms with van der Waals surface area (Å²) < 4.78 is 36.8. The second kappa shape index (κ2) is 7.25. The zero-order chi connectivity index (χ0) is 20.0. The number of fused-ring (bicyclic) bond motifs is 4. The summed E-state index contributed by atoms with van der Waals surface area (Å²) in [6, 6.07) is 12.9. The van der Waals surface area contributed by atoms with Crippen molar-refractivity contribution in [3.63, 3.8) is 0 Å². The number of halogens is 3. The van der Waals surface area contributed by atoms with Crippen LogP contribution in [0.1, 0.15) is 36.4 Å². The molecule has 0 aliphatic carbocycles. The Hall–Kier alpha value is -2.19. The number of alkyl halides is 2. The van der Waals surface area contributed by atoms with E-state index in [0.717, 1.165) is 59.4 Å². The lowest BCUT2D eigenvalue weighted by Crippen LogP contribution is -2.58. The van der Waals surface area contributed by atoms with Gasteiger partial charge in [0.2, 0.25) is 5.72 Å². The molecule has 2 aromatic carbocycles.